The highest BCUT2D eigenvalue weighted by atomic mass is 16.1. The first kappa shape index (κ1) is 12.6. The van der Waals surface area contributed by atoms with E-state index in [0.29, 0.717) is 23.6 Å². The number of nitrogens with zero attached hydrogens (tertiary/aromatic N) is 1. The first-order valence-electron chi connectivity index (χ1n) is 6.28. The summed E-state index contributed by atoms with van der Waals surface area (Å²) in [6, 6.07) is 8.74. The Labute approximate surface area is 107 Å². The van der Waals surface area contributed by atoms with Gasteiger partial charge in [0.1, 0.15) is 0 Å². The highest BCUT2D eigenvalue weighted by molar-refractivity contribution is 5.94. The van der Waals surface area contributed by atoms with Gasteiger partial charge in [-0.2, -0.15) is 5.26 Å². The molecule has 1 fully saturated rings. The Morgan fingerprint density at radius 1 is 1.44 bits per heavy atom. The van der Waals surface area contributed by atoms with Gasteiger partial charge in [0.2, 0.25) is 0 Å². The van der Waals surface area contributed by atoms with E-state index in [1.807, 2.05) is 6.07 Å². The van der Waals surface area contributed by atoms with Crippen LogP contribution in [0, 0.1) is 17.2 Å². The number of nitriles is 1. The first-order valence-corrected chi connectivity index (χ1v) is 6.28. The maximum Gasteiger partial charge on any atom is 0.251 e. The van der Waals surface area contributed by atoms with Gasteiger partial charge in [-0.1, -0.05) is 0 Å². The molecule has 1 saturated heterocycles. The fraction of sp³-hybridized carbons (Fsp3) is 0.429. The Bertz CT molecular complexity index is 441. The standard InChI is InChI=1S/C14H17N3O/c15-8-11-3-5-13(6-4-11)14(18)17-10-12-2-1-7-16-9-12/h3-6,12,16H,1-2,7,9-10H2,(H,17,18). The van der Waals surface area contributed by atoms with Crippen LogP contribution in [0.5, 0.6) is 0 Å². The third-order valence-electron chi connectivity index (χ3n) is 3.23. The lowest BCUT2D eigenvalue weighted by molar-refractivity contribution is 0.0945. The van der Waals surface area contributed by atoms with Crippen LogP contribution in [0.1, 0.15) is 28.8 Å². The normalized spacial score (nSPS) is 18.9. The molecule has 2 rings (SSSR count). The van der Waals surface area contributed by atoms with Gasteiger partial charge >= 0.3 is 0 Å². The Hall–Kier alpha value is -1.86. The molecule has 0 bridgehead atoms. The van der Waals surface area contributed by atoms with Crippen molar-refractivity contribution in [2.24, 2.45) is 5.92 Å². The number of hydrogen-bond acceptors (Lipinski definition) is 3. The largest absolute Gasteiger partial charge is 0.352 e. The zero-order chi connectivity index (χ0) is 12.8. The minimum atomic E-state index is -0.0648. The summed E-state index contributed by atoms with van der Waals surface area (Å²) < 4.78 is 0. The predicted octanol–water partition coefficient (Wildman–Crippen LogP) is 1.29. The number of amides is 1. The number of carbonyl (C=O) groups excluding carboxylic acids is 1. The molecule has 0 radical (unpaired) electrons. The molecule has 0 saturated carbocycles. The molecule has 1 atom stereocenters. The summed E-state index contributed by atoms with van der Waals surface area (Å²) in [5.41, 5.74) is 1.18. The molecule has 0 spiro atoms. The van der Waals surface area contributed by atoms with E-state index in [1.54, 1.807) is 24.3 Å². The van der Waals surface area contributed by atoms with Gasteiger partial charge in [0, 0.05) is 12.1 Å². The Morgan fingerprint density at radius 3 is 2.83 bits per heavy atom. The van der Waals surface area contributed by atoms with E-state index in [-0.39, 0.29) is 5.91 Å². The van der Waals surface area contributed by atoms with Crippen molar-refractivity contribution in [2.75, 3.05) is 19.6 Å². The maximum atomic E-state index is 11.9. The minimum absolute atomic E-state index is 0.0648. The van der Waals surface area contributed by atoms with Crippen LogP contribution in [0.2, 0.25) is 0 Å². The number of piperidine rings is 1. The van der Waals surface area contributed by atoms with E-state index in [0.717, 1.165) is 13.1 Å². The summed E-state index contributed by atoms with van der Waals surface area (Å²) in [7, 11) is 0. The van der Waals surface area contributed by atoms with Gasteiger partial charge in [-0.05, 0) is 56.1 Å². The molecule has 0 aromatic heterocycles. The number of carbonyl (C=O) groups is 1. The zero-order valence-corrected chi connectivity index (χ0v) is 10.3. The van der Waals surface area contributed by atoms with Crippen molar-refractivity contribution in [1.29, 1.82) is 5.26 Å². The number of nitrogens with one attached hydrogen (secondary N) is 2. The molecule has 4 heteroatoms. The van der Waals surface area contributed by atoms with Crippen molar-refractivity contribution in [3.63, 3.8) is 0 Å². The van der Waals surface area contributed by atoms with Crippen LogP contribution in [0.15, 0.2) is 24.3 Å². The van der Waals surface area contributed by atoms with Crippen LogP contribution < -0.4 is 10.6 Å². The SMILES string of the molecule is N#Cc1ccc(C(=O)NCC2CCCNC2)cc1. The van der Waals surface area contributed by atoms with Gasteiger partial charge in [-0.15, -0.1) is 0 Å². The fourth-order valence-electron chi connectivity index (χ4n) is 2.13. The topological polar surface area (TPSA) is 64.9 Å². The number of rotatable bonds is 3. The molecule has 2 N–H and O–H groups in total. The summed E-state index contributed by atoms with van der Waals surface area (Å²) in [5, 5.41) is 15.0. The van der Waals surface area contributed by atoms with Crippen molar-refractivity contribution < 1.29 is 4.79 Å². The van der Waals surface area contributed by atoms with Gasteiger partial charge in [0.05, 0.1) is 11.6 Å². The van der Waals surface area contributed by atoms with Gasteiger partial charge < -0.3 is 10.6 Å². The summed E-state index contributed by atoms with van der Waals surface area (Å²) in [6.45, 7) is 2.78. The third-order valence-corrected chi connectivity index (χ3v) is 3.23. The lowest BCUT2D eigenvalue weighted by Crippen LogP contribution is -2.38. The van der Waals surface area contributed by atoms with E-state index in [4.69, 9.17) is 5.26 Å². The Kier molecular flexibility index (Phi) is 4.32. The van der Waals surface area contributed by atoms with Crippen molar-refractivity contribution in [3.8, 4) is 6.07 Å². The number of hydrogen-bond donors (Lipinski definition) is 2. The maximum absolute atomic E-state index is 11.9. The van der Waals surface area contributed by atoms with Gasteiger partial charge in [0.15, 0.2) is 0 Å². The Morgan fingerprint density at radius 2 is 2.22 bits per heavy atom. The molecule has 18 heavy (non-hydrogen) atoms. The molecule has 1 aromatic rings. The lowest BCUT2D eigenvalue weighted by Gasteiger charge is -2.22. The molecule has 1 amide bonds. The molecular formula is C14H17N3O. The summed E-state index contributed by atoms with van der Waals surface area (Å²) in [4.78, 5) is 11.9. The van der Waals surface area contributed by atoms with Crippen LogP contribution in [-0.4, -0.2) is 25.5 Å². The molecule has 1 heterocycles. The van der Waals surface area contributed by atoms with Crippen LogP contribution in [0.4, 0.5) is 0 Å². The second kappa shape index (κ2) is 6.18. The van der Waals surface area contributed by atoms with Crippen LogP contribution in [0.3, 0.4) is 0 Å². The molecule has 0 aliphatic carbocycles. The lowest BCUT2D eigenvalue weighted by atomic mass is 9.99. The summed E-state index contributed by atoms with van der Waals surface area (Å²) in [6.07, 6.45) is 2.35. The van der Waals surface area contributed by atoms with Crippen LogP contribution >= 0.6 is 0 Å². The molecule has 1 aromatic carbocycles. The molecule has 1 aliphatic rings. The van der Waals surface area contributed by atoms with Crippen molar-refractivity contribution >= 4 is 5.91 Å². The number of benzene rings is 1. The second-order valence-corrected chi connectivity index (χ2v) is 4.61. The predicted molar refractivity (Wildman–Crippen MR) is 69.1 cm³/mol. The van der Waals surface area contributed by atoms with Crippen LogP contribution in [0.25, 0.3) is 0 Å². The van der Waals surface area contributed by atoms with Gasteiger partial charge in [0.25, 0.3) is 5.91 Å². The van der Waals surface area contributed by atoms with Crippen molar-refractivity contribution in [2.45, 2.75) is 12.8 Å². The monoisotopic (exact) mass is 243 g/mol. The van der Waals surface area contributed by atoms with Crippen LogP contribution in [-0.2, 0) is 0 Å². The quantitative estimate of drug-likeness (QED) is 0.840. The second-order valence-electron chi connectivity index (χ2n) is 4.61. The first-order chi connectivity index (χ1) is 8.79. The van der Waals surface area contributed by atoms with E-state index >= 15 is 0 Å². The summed E-state index contributed by atoms with van der Waals surface area (Å²) in [5.74, 6) is 0.464. The molecule has 4 nitrogen and oxygen atoms in total. The van der Waals surface area contributed by atoms with E-state index < -0.39 is 0 Å². The third kappa shape index (κ3) is 3.31. The molecule has 1 unspecified atom stereocenters. The highest BCUT2D eigenvalue weighted by Gasteiger charge is 2.14. The molecular weight excluding hydrogens is 226 g/mol. The Balaban J connectivity index is 1.85. The van der Waals surface area contributed by atoms with Gasteiger partial charge in [-0.3, -0.25) is 4.79 Å². The molecule has 1 aliphatic heterocycles. The molecule has 94 valence electrons. The fourth-order valence-corrected chi connectivity index (χ4v) is 2.13. The zero-order valence-electron chi connectivity index (χ0n) is 10.3. The van der Waals surface area contributed by atoms with Gasteiger partial charge in [-0.25, -0.2) is 0 Å². The van der Waals surface area contributed by atoms with Crippen molar-refractivity contribution in [1.82, 2.24) is 10.6 Å². The average molecular weight is 243 g/mol. The smallest absolute Gasteiger partial charge is 0.251 e. The van der Waals surface area contributed by atoms with Crippen molar-refractivity contribution in [3.05, 3.63) is 35.4 Å². The van der Waals surface area contributed by atoms with E-state index in [1.165, 1.54) is 12.8 Å². The average Bonchev–Trinajstić information content (AvgIpc) is 2.46. The minimum Gasteiger partial charge on any atom is -0.352 e. The van der Waals surface area contributed by atoms with E-state index in [9.17, 15) is 4.79 Å². The van der Waals surface area contributed by atoms with E-state index in [2.05, 4.69) is 10.6 Å². The summed E-state index contributed by atoms with van der Waals surface area (Å²) >= 11 is 0. The highest BCUT2D eigenvalue weighted by Crippen LogP contribution is 2.09.